The number of halogens is 1. The molecule has 3 rings (SSSR count). The van der Waals surface area contributed by atoms with Crippen molar-refractivity contribution in [1.29, 1.82) is 0 Å². The van der Waals surface area contributed by atoms with E-state index in [2.05, 4.69) is 44.1 Å². The molecule has 2 heterocycles. The fraction of sp³-hybridized carbons (Fsp3) is 0.462. The summed E-state index contributed by atoms with van der Waals surface area (Å²) in [6, 6.07) is 4.80. The third kappa shape index (κ3) is 2.24. The summed E-state index contributed by atoms with van der Waals surface area (Å²) in [4.78, 5) is 6.80. The minimum Gasteiger partial charge on any atom is -0.423 e. The summed E-state index contributed by atoms with van der Waals surface area (Å²) in [5, 5.41) is 3.38. The van der Waals surface area contributed by atoms with E-state index in [1.807, 2.05) is 6.07 Å². The molecule has 5 heteroatoms. The van der Waals surface area contributed by atoms with E-state index in [-0.39, 0.29) is 0 Å². The van der Waals surface area contributed by atoms with Crippen molar-refractivity contribution < 1.29 is 4.42 Å². The zero-order valence-electron chi connectivity index (χ0n) is 10.4. The Bertz CT molecular complexity index is 520. The van der Waals surface area contributed by atoms with Crippen molar-refractivity contribution in [2.24, 2.45) is 0 Å². The second kappa shape index (κ2) is 4.90. The van der Waals surface area contributed by atoms with Crippen molar-refractivity contribution in [3.05, 3.63) is 22.2 Å². The van der Waals surface area contributed by atoms with E-state index >= 15 is 0 Å². The Morgan fingerprint density at radius 3 is 3.11 bits per heavy atom. The van der Waals surface area contributed by atoms with Gasteiger partial charge in [0.1, 0.15) is 5.52 Å². The molecule has 0 radical (unpaired) electrons. The molecule has 1 saturated heterocycles. The van der Waals surface area contributed by atoms with Crippen LogP contribution in [0.4, 0.5) is 6.01 Å². The van der Waals surface area contributed by atoms with Crippen LogP contribution in [0.2, 0.25) is 0 Å². The summed E-state index contributed by atoms with van der Waals surface area (Å²) in [6.45, 7) is 6.07. The molecule has 1 aliphatic rings. The van der Waals surface area contributed by atoms with Gasteiger partial charge in [-0.05, 0) is 37.6 Å². The fourth-order valence-corrected chi connectivity index (χ4v) is 2.54. The van der Waals surface area contributed by atoms with E-state index in [1.54, 1.807) is 0 Å². The van der Waals surface area contributed by atoms with Gasteiger partial charge in [0.05, 0.1) is 0 Å². The highest BCUT2D eigenvalue weighted by Crippen LogP contribution is 2.27. The number of aryl methyl sites for hydroxylation is 1. The number of hydrogen-bond donors (Lipinski definition) is 1. The van der Waals surface area contributed by atoms with Gasteiger partial charge in [-0.3, -0.25) is 0 Å². The molecule has 0 unspecified atom stereocenters. The zero-order valence-corrected chi connectivity index (χ0v) is 12.0. The van der Waals surface area contributed by atoms with Gasteiger partial charge in [-0.2, -0.15) is 4.98 Å². The summed E-state index contributed by atoms with van der Waals surface area (Å²) < 4.78 is 6.92. The molecule has 1 aromatic carbocycles. The van der Waals surface area contributed by atoms with Gasteiger partial charge in [0.15, 0.2) is 5.58 Å². The summed E-state index contributed by atoms with van der Waals surface area (Å²) >= 11 is 3.52. The summed E-state index contributed by atoms with van der Waals surface area (Å²) in [5.41, 5.74) is 2.96. The number of anilines is 1. The van der Waals surface area contributed by atoms with E-state index in [0.29, 0.717) is 0 Å². The predicted molar refractivity (Wildman–Crippen MR) is 76.1 cm³/mol. The third-order valence-electron chi connectivity index (χ3n) is 3.27. The van der Waals surface area contributed by atoms with Crippen molar-refractivity contribution in [2.75, 3.05) is 31.1 Å². The third-order valence-corrected chi connectivity index (χ3v) is 4.12. The molecule has 1 aromatic heterocycles. The van der Waals surface area contributed by atoms with Crippen LogP contribution in [-0.2, 0) is 0 Å². The van der Waals surface area contributed by atoms with Crippen molar-refractivity contribution in [2.45, 2.75) is 13.3 Å². The van der Waals surface area contributed by atoms with Crippen molar-refractivity contribution in [3.8, 4) is 0 Å². The Hall–Kier alpha value is -1.07. The molecule has 18 heavy (non-hydrogen) atoms. The average Bonchev–Trinajstić information content (AvgIpc) is 2.60. The standard InChI is InChI=1S/C13H16BrN3O/c1-9-7-11-12(8-10(9)14)18-13(16-11)17-5-2-3-15-4-6-17/h7-8,15H,2-6H2,1H3. The normalized spacial score (nSPS) is 17.1. The maximum absolute atomic E-state index is 5.86. The maximum atomic E-state index is 5.86. The number of rotatable bonds is 1. The number of oxazole rings is 1. The van der Waals surface area contributed by atoms with Gasteiger partial charge >= 0.3 is 0 Å². The Morgan fingerprint density at radius 1 is 1.33 bits per heavy atom. The molecule has 0 spiro atoms. The highest BCUT2D eigenvalue weighted by Gasteiger charge is 2.16. The summed E-state index contributed by atoms with van der Waals surface area (Å²) in [7, 11) is 0. The number of nitrogens with one attached hydrogen (secondary N) is 1. The van der Waals surface area contributed by atoms with Gasteiger partial charge in [-0.1, -0.05) is 15.9 Å². The Balaban J connectivity index is 1.96. The summed E-state index contributed by atoms with van der Waals surface area (Å²) in [5.74, 6) is 0. The quantitative estimate of drug-likeness (QED) is 0.879. The predicted octanol–water partition coefficient (Wildman–Crippen LogP) is 2.70. The first kappa shape index (κ1) is 12.0. The minimum absolute atomic E-state index is 0.742. The lowest BCUT2D eigenvalue weighted by atomic mass is 10.2. The van der Waals surface area contributed by atoms with Crippen molar-refractivity contribution >= 4 is 33.0 Å². The fourth-order valence-electron chi connectivity index (χ4n) is 2.21. The Morgan fingerprint density at radius 2 is 2.22 bits per heavy atom. The topological polar surface area (TPSA) is 41.3 Å². The highest BCUT2D eigenvalue weighted by atomic mass is 79.9. The van der Waals surface area contributed by atoms with Crippen molar-refractivity contribution in [3.63, 3.8) is 0 Å². The molecule has 1 N–H and O–H groups in total. The van der Waals surface area contributed by atoms with Crippen LogP contribution in [0.3, 0.4) is 0 Å². The Labute approximate surface area is 114 Å². The van der Waals surface area contributed by atoms with Crippen LogP contribution < -0.4 is 10.2 Å². The molecule has 4 nitrogen and oxygen atoms in total. The van der Waals surface area contributed by atoms with Crippen LogP contribution in [0, 0.1) is 6.92 Å². The first-order valence-electron chi connectivity index (χ1n) is 6.26. The van der Waals surface area contributed by atoms with Gasteiger partial charge in [0.2, 0.25) is 0 Å². The van der Waals surface area contributed by atoms with E-state index in [4.69, 9.17) is 4.42 Å². The molecule has 0 aliphatic carbocycles. The zero-order chi connectivity index (χ0) is 12.5. The number of nitrogens with zero attached hydrogens (tertiary/aromatic N) is 2. The van der Waals surface area contributed by atoms with E-state index in [1.165, 1.54) is 5.56 Å². The number of benzene rings is 1. The van der Waals surface area contributed by atoms with E-state index < -0.39 is 0 Å². The van der Waals surface area contributed by atoms with Crippen LogP contribution in [-0.4, -0.2) is 31.2 Å². The number of fused-ring (bicyclic) bond motifs is 1. The number of hydrogen-bond acceptors (Lipinski definition) is 4. The lowest BCUT2D eigenvalue weighted by Crippen LogP contribution is -2.27. The van der Waals surface area contributed by atoms with Gasteiger partial charge in [-0.15, -0.1) is 0 Å². The molecule has 0 saturated carbocycles. The second-order valence-corrected chi connectivity index (χ2v) is 5.51. The molecule has 0 amide bonds. The number of aromatic nitrogens is 1. The van der Waals surface area contributed by atoms with Crippen LogP contribution in [0.15, 0.2) is 21.0 Å². The average molecular weight is 310 g/mol. The first-order chi connectivity index (χ1) is 8.74. The molecule has 1 aliphatic heterocycles. The monoisotopic (exact) mass is 309 g/mol. The molecule has 1 fully saturated rings. The molecule has 0 atom stereocenters. The first-order valence-corrected chi connectivity index (χ1v) is 7.06. The lowest BCUT2D eigenvalue weighted by molar-refractivity contribution is 0.570. The lowest BCUT2D eigenvalue weighted by Gasteiger charge is -2.16. The van der Waals surface area contributed by atoms with E-state index in [0.717, 1.165) is 54.2 Å². The molecular weight excluding hydrogens is 294 g/mol. The van der Waals surface area contributed by atoms with E-state index in [9.17, 15) is 0 Å². The molecule has 2 aromatic rings. The van der Waals surface area contributed by atoms with Crippen LogP contribution in [0.25, 0.3) is 11.1 Å². The second-order valence-electron chi connectivity index (χ2n) is 4.66. The molecule has 0 bridgehead atoms. The van der Waals surface area contributed by atoms with Gasteiger partial charge in [0, 0.05) is 24.1 Å². The smallest absolute Gasteiger partial charge is 0.298 e. The van der Waals surface area contributed by atoms with Gasteiger partial charge in [0.25, 0.3) is 6.01 Å². The molecular formula is C13H16BrN3O. The van der Waals surface area contributed by atoms with Crippen LogP contribution in [0.1, 0.15) is 12.0 Å². The SMILES string of the molecule is Cc1cc2nc(N3CCCNCC3)oc2cc1Br. The van der Waals surface area contributed by atoms with Gasteiger partial charge in [-0.25, -0.2) is 0 Å². The van der Waals surface area contributed by atoms with Crippen LogP contribution in [0.5, 0.6) is 0 Å². The summed E-state index contributed by atoms with van der Waals surface area (Å²) in [6.07, 6.45) is 1.13. The van der Waals surface area contributed by atoms with Crippen molar-refractivity contribution in [1.82, 2.24) is 10.3 Å². The largest absolute Gasteiger partial charge is 0.423 e. The maximum Gasteiger partial charge on any atom is 0.298 e. The molecule has 96 valence electrons. The minimum atomic E-state index is 0.742. The van der Waals surface area contributed by atoms with Crippen LogP contribution >= 0.6 is 15.9 Å². The highest BCUT2D eigenvalue weighted by molar-refractivity contribution is 9.10. The Kier molecular flexibility index (Phi) is 3.26. The van der Waals surface area contributed by atoms with Gasteiger partial charge < -0.3 is 14.6 Å².